The SMILES string of the molecule is CCC1CCN(C)CC1.CCCCCC. The molecule has 0 radical (unpaired) electrons. The van der Waals surface area contributed by atoms with Gasteiger partial charge >= 0.3 is 0 Å². The van der Waals surface area contributed by atoms with Crippen LogP contribution in [-0.4, -0.2) is 25.0 Å². The van der Waals surface area contributed by atoms with Gasteiger partial charge in [-0.2, -0.15) is 0 Å². The van der Waals surface area contributed by atoms with E-state index in [2.05, 4.69) is 32.7 Å². The predicted octanol–water partition coefficient (Wildman–Crippen LogP) is 4.32. The van der Waals surface area contributed by atoms with Crippen molar-refractivity contribution < 1.29 is 0 Å². The van der Waals surface area contributed by atoms with E-state index in [0.717, 1.165) is 5.92 Å². The Kier molecular flexibility index (Phi) is 10.4. The number of hydrogen-bond acceptors (Lipinski definition) is 1. The van der Waals surface area contributed by atoms with Crippen molar-refractivity contribution in [3.8, 4) is 0 Å². The van der Waals surface area contributed by atoms with Gasteiger partial charge in [-0.1, -0.05) is 52.9 Å². The largest absolute Gasteiger partial charge is 0.306 e. The minimum absolute atomic E-state index is 1.03. The fourth-order valence-electron chi connectivity index (χ4n) is 1.97. The quantitative estimate of drug-likeness (QED) is 0.628. The average molecular weight is 213 g/mol. The molecule has 1 heterocycles. The third kappa shape index (κ3) is 8.92. The van der Waals surface area contributed by atoms with Crippen LogP contribution in [0.5, 0.6) is 0 Å². The van der Waals surface area contributed by atoms with Crippen molar-refractivity contribution >= 4 is 0 Å². The molecule has 0 saturated carbocycles. The Morgan fingerprint density at radius 2 is 1.40 bits per heavy atom. The molecule has 0 bridgehead atoms. The number of likely N-dealkylation sites (tertiary alicyclic amines) is 1. The molecule has 1 saturated heterocycles. The van der Waals surface area contributed by atoms with Gasteiger partial charge in [-0.3, -0.25) is 0 Å². The van der Waals surface area contributed by atoms with Gasteiger partial charge < -0.3 is 4.90 Å². The number of hydrogen-bond donors (Lipinski definition) is 0. The first-order valence-corrected chi connectivity index (χ1v) is 6.93. The minimum Gasteiger partial charge on any atom is -0.306 e. The Balaban J connectivity index is 0.000000288. The van der Waals surface area contributed by atoms with Crippen molar-refractivity contribution in [1.29, 1.82) is 0 Å². The Morgan fingerprint density at radius 1 is 0.933 bits per heavy atom. The molecule has 1 fully saturated rings. The number of unbranched alkanes of at least 4 members (excludes halogenated alkanes) is 3. The lowest BCUT2D eigenvalue weighted by molar-refractivity contribution is 0.216. The van der Waals surface area contributed by atoms with Crippen molar-refractivity contribution in [2.75, 3.05) is 20.1 Å². The van der Waals surface area contributed by atoms with E-state index < -0.39 is 0 Å². The molecule has 1 rings (SSSR count). The van der Waals surface area contributed by atoms with Crippen LogP contribution in [0.1, 0.15) is 65.7 Å². The number of nitrogens with zero attached hydrogens (tertiary/aromatic N) is 1. The molecule has 0 aliphatic carbocycles. The van der Waals surface area contributed by atoms with Crippen molar-refractivity contribution in [2.24, 2.45) is 5.92 Å². The summed E-state index contributed by atoms with van der Waals surface area (Å²) in [5.41, 5.74) is 0. The molecule has 0 aromatic carbocycles. The van der Waals surface area contributed by atoms with E-state index in [-0.39, 0.29) is 0 Å². The summed E-state index contributed by atoms with van der Waals surface area (Å²) >= 11 is 0. The van der Waals surface area contributed by atoms with Crippen LogP contribution >= 0.6 is 0 Å². The molecule has 1 nitrogen and oxygen atoms in total. The molecule has 92 valence electrons. The smallest absolute Gasteiger partial charge is 0.00191 e. The summed E-state index contributed by atoms with van der Waals surface area (Å²) in [6.07, 6.45) is 9.77. The van der Waals surface area contributed by atoms with Crippen molar-refractivity contribution in [3.05, 3.63) is 0 Å². The fourth-order valence-corrected chi connectivity index (χ4v) is 1.97. The lowest BCUT2D eigenvalue weighted by atomic mass is 9.95. The van der Waals surface area contributed by atoms with E-state index in [9.17, 15) is 0 Å². The van der Waals surface area contributed by atoms with E-state index in [1.165, 1.54) is 58.0 Å². The van der Waals surface area contributed by atoms with Crippen molar-refractivity contribution in [1.82, 2.24) is 4.90 Å². The lowest BCUT2D eigenvalue weighted by Crippen LogP contribution is -2.29. The van der Waals surface area contributed by atoms with E-state index in [1.54, 1.807) is 0 Å². The van der Waals surface area contributed by atoms with Crippen LogP contribution in [0.4, 0.5) is 0 Å². The zero-order valence-electron chi connectivity index (χ0n) is 11.4. The highest BCUT2D eigenvalue weighted by Crippen LogP contribution is 2.18. The number of piperidine rings is 1. The summed E-state index contributed by atoms with van der Waals surface area (Å²) in [5, 5.41) is 0. The second-order valence-corrected chi connectivity index (χ2v) is 4.86. The van der Waals surface area contributed by atoms with Crippen LogP contribution in [0.3, 0.4) is 0 Å². The van der Waals surface area contributed by atoms with Crippen LogP contribution < -0.4 is 0 Å². The second-order valence-electron chi connectivity index (χ2n) is 4.86. The predicted molar refractivity (Wildman–Crippen MR) is 70.3 cm³/mol. The van der Waals surface area contributed by atoms with Crippen LogP contribution in [0, 0.1) is 5.92 Å². The maximum atomic E-state index is 2.42. The van der Waals surface area contributed by atoms with Crippen LogP contribution in [-0.2, 0) is 0 Å². The molecule has 0 atom stereocenters. The Labute approximate surface area is 97.2 Å². The van der Waals surface area contributed by atoms with E-state index >= 15 is 0 Å². The minimum atomic E-state index is 1.03. The molecule has 0 N–H and O–H groups in total. The van der Waals surface area contributed by atoms with Crippen LogP contribution in [0.2, 0.25) is 0 Å². The molecule has 1 heteroatoms. The van der Waals surface area contributed by atoms with E-state index in [1.807, 2.05) is 0 Å². The molecule has 1 aliphatic rings. The first-order chi connectivity index (χ1) is 7.24. The molecule has 0 aromatic rings. The summed E-state index contributed by atoms with van der Waals surface area (Å²) in [4.78, 5) is 2.42. The van der Waals surface area contributed by atoms with E-state index in [4.69, 9.17) is 0 Å². The van der Waals surface area contributed by atoms with Crippen LogP contribution in [0.25, 0.3) is 0 Å². The van der Waals surface area contributed by atoms with Gasteiger partial charge in [0.05, 0.1) is 0 Å². The van der Waals surface area contributed by atoms with Gasteiger partial charge in [0.15, 0.2) is 0 Å². The fraction of sp³-hybridized carbons (Fsp3) is 1.00. The maximum Gasteiger partial charge on any atom is -0.00191 e. The first-order valence-electron chi connectivity index (χ1n) is 6.93. The van der Waals surface area contributed by atoms with E-state index in [0.29, 0.717) is 0 Å². The molecular formula is C14H31N. The molecule has 1 aliphatic heterocycles. The molecule has 0 spiro atoms. The Bertz CT molecular complexity index is 111. The summed E-state index contributed by atoms with van der Waals surface area (Å²) < 4.78 is 0. The zero-order valence-corrected chi connectivity index (χ0v) is 11.4. The third-order valence-corrected chi connectivity index (χ3v) is 3.37. The lowest BCUT2D eigenvalue weighted by Gasteiger charge is -2.27. The van der Waals surface area contributed by atoms with Gasteiger partial charge in [-0.15, -0.1) is 0 Å². The van der Waals surface area contributed by atoms with Gasteiger partial charge in [-0.25, -0.2) is 0 Å². The monoisotopic (exact) mass is 213 g/mol. The molecule has 0 unspecified atom stereocenters. The van der Waals surface area contributed by atoms with Gasteiger partial charge in [-0.05, 0) is 38.9 Å². The normalized spacial score (nSPS) is 18.4. The summed E-state index contributed by atoms with van der Waals surface area (Å²) in [6, 6.07) is 0. The van der Waals surface area contributed by atoms with Gasteiger partial charge in [0.25, 0.3) is 0 Å². The zero-order chi connectivity index (χ0) is 11.5. The topological polar surface area (TPSA) is 3.24 Å². The van der Waals surface area contributed by atoms with Crippen LogP contribution in [0.15, 0.2) is 0 Å². The summed E-state index contributed by atoms with van der Waals surface area (Å²) in [7, 11) is 2.21. The second kappa shape index (κ2) is 10.5. The average Bonchev–Trinajstić information content (AvgIpc) is 2.28. The third-order valence-electron chi connectivity index (χ3n) is 3.37. The van der Waals surface area contributed by atoms with Gasteiger partial charge in [0.1, 0.15) is 0 Å². The highest BCUT2D eigenvalue weighted by atomic mass is 15.1. The Morgan fingerprint density at radius 3 is 1.73 bits per heavy atom. The first kappa shape index (κ1) is 15.0. The molecule has 15 heavy (non-hydrogen) atoms. The van der Waals surface area contributed by atoms with Gasteiger partial charge in [0, 0.05) is 0 Å². The van der Waals surface area contributed by atoms with Crippen molar-refractivity contribution in [3.63, 3.8) is 0 Å². The van der Waals surface area contributed by atoms with Crippen molar-refractivity contribution in [2.45, 2.75) is 65.7 Å². The Hall–Kier alpha value is -0.0400. The maximum absolute atomic E-state index is 2.42. The molecule has 0 amide bonds. The van der Waals surface area contributed by atoms with Gasteiger partial charge in [0.2, 0.25) is 0 Å². The number of rotatable bonds is 4. The summed E-state index contributed by atoms with van der Waals surface area (Å²) in [6.45, 7) is 9.40. The highest BCUT2D eigenvalue weighted by Gasteiger charge is 2.13. The summed E-state index contributed by atoms with van der Waals surface area (Å²) in [5.74, 6) is 1.03. The molecule has 0 aromatic heterocycles. The molecular weight excluding hydrogens is 182 g/mol. The standard InChI is InChI=1S/C8H17N.C6H14/c1-3-8-4-6-9(2)7-5-8;1-3-5-6-4-2/h8H,3-7H2,1-2H3;3-6H2,1-2H3. The highest BCUT2D eigenvalue weighted by molar-refractivity contribution is 4.67.